The van der Waals surface area contributed by atoms with Crippen molar-refractivity contribution < 1.29 is 4.79 Å². The van der Waals surface area contributed by atoms with Gasteiger partial charge in [0.2, 0.25) is 5.91 Å². The number of nitrogens with two attached hydrogens (primary N) is 1. The second-order valence-corrected chi connectivity index (χ2v) is 6.51. The number of nitrogens with zero attached hydrogens (tertiary/aromatic N) is 2. The van der Waals surface area contributed by atoms with Gasteiger partial charge in [0.05, 0.1) is 12.2 Å². The van der Waals surface area contributed by atoms with Crippen LogP contribution in [-0.2, 0) is 11.3 Å². The number of rotatable bonds is 3. The van der Waals surface area contributed by atoms with Crippen molar-refractivity contribution in [3.8, 4) is 0 Å². The fourth-order valence-corrected chi connectivity index (χ4v) is 3.93. The number of carbonyl (C=O) groups excluding carboxylic acids is 1. The van der Waals surface area contributed by atoms with Gasteiger partial charge in [-0.05, 0) is 50.5 Å². The Morgan fingerprint density at radius 1 is 1.36 bits per heavy atom. The molecule has 3 rings (SSSR count). The average molecular weight is 325 g/mol. The summed E-state index contributed by atoms with van der Waals surface area (Å²) in [5.41, 5.74) is 7.14. The number of hydrogen-bond acceptors (Lipinski definition) is 4. The van der Waals surface area contributed by atoms with E-state index in [0.29, 0.717) is 24.4 Å². The maximum absolute atomic E-state index is 12.4. The Morgan fingerprint density at radius 3 is 2.68 bits per heavy atom. The van der Waals surface area contributed by atoms with Crippen LogP contribution in [-0.4, -0.2) is 21.9 Å². The SMILES string of the molecule is Cc1nccc(CNC(=O)C2CC3CCCC(C2)C3N)n1.Cl. The van der Waals surface area contributed by atoms with Crippen molar-refractivity contribution in [2.24, 2.45) is 23.5 Å². The summed E-state index contributed by atoms with van der Waals surface area (Å²) >= 11 is 0. The van der Waals surface area contributed by atoms with Crippen molar-refractivity contribution in [3.05, 3.63) is 23.8 Å². The van der Waals surface area contributed by atoms with Crippen LogP contribution in [0.4, 0.5) is 0 Å². The molecule has 1 amide bonds. The lowest BCUT2D eigenvalue weighted by Crippen LogP contribution is -2.49. The Hall–Kier alpha value is -1.20. The van der Waals surface area contributed by atoms with Crippen molar-refractivity contribution in [1.29, 1.82) is 0 Å². The molecule has 1 heterocycles. The Balaban J connectivity index is 0.00000176. The molecule has 2 fully saturated rings. The molecule has 2 aliphatic carbocycles. The first-order chi connectivity index (χ1) is 10.1. The Morgan fingerprint density at radius 2 is 2.05 bits per heavy atom. The van der Waals surface area contributed by atoms with Crippen molar-refractivity contribution in [3.63, 3.8) is 0 Å². The van der Waals surface area contributed by atoms with E-state index in [1.54, 1.807) is 6.20 Å². The van der Waals surface area contributed by atoms with Crippen LogP contribution in [0.25, 0.3) is 0 Å². The van der Waals surface area contributed by atoms with Crippen LogP contribution >= 0.6 is 12.4 Å². The standard InChI is InChI=1S/C16H24N4O.ClH/c1-10-18-6-5-14(20-10)9-19-16(21)13-7-11-3-2-4-12(8-13)15(11)17;/h5-6,11-13,15H,2-4,7-9,17H2,1H3,(H,19,21);1H. The molecule has 3 N–H and O–H groups in total. The van der Waals surface area contributed by atoms with Crippen molar-refractivity contribution in [2.45, 2.75) is 51.6 Å². The molecule has 0 spiro atoms. The van der Waals surface area contributed by atoms with Crippen LogP contribution in [0.3, 0.4) is 0 Å². The van der Waals surface area contributed by atoms with Crippen LogP contribution in [0.2, 0.25) is 0 Å². The van der Waals surface area contributed by atoms with Gasteiger partial charge in [-0.25, -0.2) is 9.97 Å². The number of carbonyl (C=O) groups is 1. The molecule has 1 aromatic heterocycles. The summed E-state index contributed by atoms with van der Waals surface area (Å²) < 4.78 is 0. The first-order valence-corrected chi connectivity index (χ1v) is 7.95. The minimum Gasteiger partial charge on any atom is -0.350 e. The molecule has 2 unspecified atom stereocenters. The highest BCUT2D eigenvalue weighted by molar-refractivity contribution is 5.85. The summed E-state index contributed by atoms with van der Waals surface area (Å²) in [6.07, 6.45) is 7.28. The largest absolute Gasteiger partial charge is 0.350 e. The Labute approximate surface area is 137 Å². The van der Waals surface area contributed by atoms with E-state index in [-0.39, 0.29) is 24.2 Å². The van der Waals surface area contributed by atoms with E-state index >= 15 is 0 Å². The first-order valence-electron chi connectivity index (χ1n) is 7.95. The lowest BCUT2D eigenvalue weighted by Gasteiger charge is -2.43. The fourth-order valence-electron chi connectivity index (χ4n) is 3.93. The minimum atomic E-state index is 0. The molecule has 2 bridgehead atoms. The minimum absolute atomic E-state index is 0. The van der Waals surface area contributed by atoms with Gasteiger partial charge in [-0.1, -0.05) is 6.42 Å². The summed E-state index contributed by atoms with van der Waals surface area (Å²) in [7, 11) is 0. The molecular weight excluding hydrogens is 300 g/mol. The highest BCUT2D eigenvalue weighted by Gasteiger charge is 2.40. The highest BCUT2D eigenvalue weighted by atomic mass is 35.5. The predicted molar refractivity (Wildman–Crippen MR) is 87.4 cm³/mol. The van der Waals surface area contributed by atoms with Crippen molar-refractivity contribution in [1.82, 2.24) is 15.3 Å². The molecule has 0 aromatic carbocycles. The molecule has 0 aliphatic heterocycles. The lowest BCUT2D eigenvalue weighted by molar-refractivity contribution is -0.128. The molecule has 22 heavy (non-hydrogen) atoms. The number of aromatic nitrogens is 2. The third-order valence-corrected chi connectivity index (χ3v) is 5.06. The third kappa shape index (κ3) is 3.76. The predicted octanol–water partition coefficient (Wildman–Crippen LogP) is 1.98. The molecule has 0 saturated heterocycles. The summed E-state index contributed by atoms with van der Waals surface area (Å²) in [6, 6.07) is 2.16. The van der Waals surface area contributed by atoms with Crippen molar-refractivity contribution >= 4 is 18.3 Å². The zero-order valence-electron chi connectivity index (χ0n) is 13.0. The monoisotopic (exact) mass is 324 g/mol. The Kier molecular flexibility index (Phi) is 5.75. The number of nitrogens with one attached hydrogen (secondary N) is 1. The van der Waals surface area contributed by atoms with Gasteiger partial charge < -0.3 is 11.1 Å². The quantitative estimate of drug-likeness (QED) is 0.890. The zero-order chi connectivity index (χ0) is 14.8. The molecule has 6 heteroatoms. The summed E-state index contributed by atoms with van der Waals surface area (Å²) in [5.74, 6) is 2.10. The normalized spacial score (nSPS) is 30.3. The van der Waals surface area contributed by atoms with Crippen LogP contribution in [0.15, 0.2) is 12.3 Å². The number of hydrogen-bond donors (Lipinski definition) is 2. The molecular formula is C16H25ClN4O. The van der Waals surface area contributed by atoms with Crippen molar-refractivity contribution in [2.75, 3.05) is 0 Å². The van der Waals surface area contributed by atoms with Gasteiger partial charge in [0.1, 0.15) is 5.82 Å². The van der Waals surface area contributed by atoms with E-state index in [9.17, 15) is 4.79 Å². The number of halogens is 1. The van der Waals surface area contributed by atoms with Crippen LogP contribution < -0.4 is 11.1 Å². The van der Waals surface area contributed by atoms with Crippen LogP contribution in [0, 0.1) is 24.7 Å². The number of fused-ring (bicyclic) bond motifs is 2. The van der Waals surface area contributed by atoms with E-state index < -0.39 is 0 Å². The van der Waals surface area contributed by atoms with Gasteiger partial charge in [0.15, 0.2) is 0 Å². The fraction of sp³-hybridized carbons (Fsp3) is 0.688. The van der Waals surface area contributed by atoms with Crippen LogP contribution in [0.1, 0.15) is 43.6 Å². The zero-order valence-corrected chi connectivity index (χ0v) is 13.8. The molecule has 122 valence electrons. The Bertz CT molecular complexity index is 511. The van der Waals surface area contributed by atoms with Gasteiger partial charge in [-0.2, -0.15) is 0 Å². The molecule has 1 aromatic rings. The first kappa shape index (κ1) is 17.2. The van der Waals surface area contributed by atoms with E-state index in [2.05, 4.69) is 15.3 Å². The number of aryl methyl sites for hydroxylation is 1. The van der Waals surface area contributed by atoms with E-state index in [1.165, 1.54) is 19.3 Å². The van der Waals surface area contributed by atoms with E-state index in [1.807, 2.05) is 13.0 Å². The number of amides is 1. The summed E-state index contributed by atoms with van der Waals surface area (Å²) in [5, 5.41) is 3.03. The highest BCUT2D eigenvalue weighted by Crippen LogP contribution is 2.41. The van der Waals surface area contributed by atoms with Gasteiger partial charge in [-0.15, -0.1) is 12.4 Å². The molecule has 2 aliphatic rings. The maximum atomic E-state index is 12.4. The van der Waals surface area contributed by atoms with Crippen LogP contribution in [0.5, 0.6) is 0 Å². The van der Waals surface area contributed by atoms with E-state index in [4.69, 9.17) is 5.73 Å². The third-order valence-electron chi connectivity index (χ3n) is 5.06. The second-order valence-electron chi connectivity index (χ2n) is 6.51. The average Bonchev–Trinajstić information content (AvgIpc) is 2.44. The lowest BCUT2D eigenvalue weighted by atomic mass is 9.65. The summed E-state index contributed by atoms with van der Waals surface area (Å²) in [6.45, 7) is 2.34. The van der Waals surface area contributed by atoms with Gasteiger partial charge >= 0.3 is 0 Å². The molecule has 2 atom stereocenters. The topological polar surface area (TPSA) is 80.9 Å². The van der Waals surface area contributed by atoms with E-state index in [0.717, 1.165) is 24.4 Å². The summed E-state index contributed by atoms with van der Waals surface area (Å²) in [4.78, 5) is 20.8. The molecule has 5 nitrogen and oxygen atoms in total. The van der Waals surface area contributed by atoms with Gasteiger partial charge in [-0.3, -0.25) is 4.79 Å². The molecule has 0 radical (unpaired) electrons. The molecule has 2 saturated carbocycles. The second kappa shape index (κ2) is 7.38. The van der Waals surface area contributed by atoms with Gasteiger partial charge in [0, 0.05) is 18.2 Å². The smallest absolute Gasteiger partial charge is 0.223 e. The maximum Gasteiger partial charge on any atom is 0.223 e. The van der Waals surface area contributed by atoms with Gasteiger partial charge in [0.25, 0.3) is 0 Å².